The molecule has 0 bridgehead atoms. The molecule has 0 aromatic heterocycles. The zero-order chi connectivity index (χ0) is 24.5. The highest BCUT2D eigenvalue weighted by Gasteiger charge is 2.16. The zero-order valence-electron chi connectivity index (χ0n) is 20.7. The molecule has 0 saturated carbocycles. The molecule has 0 unspecified atom stereocenters. The van der Waals surface area contributed by atoms with E-state index >= 15 is 0 Å². The van der Waals surface area contributed by atoms with Gasteiger partial charge < -0.3 is 14.9 Å². The molecule has 4 rings (SSSR count). The summed E-state index contributed by atoms with van der Waals surface area (Å²) in [5, 5.41) is 19.8. The summed E-state index contributed by atoms with van der Waals surface area (Å²) in [6, 6.07) is 23.2. The molecule has 0 amide bonds. The van der Waals surface area contributed by atoms with Crippen molar-refractivity contribution < 1.29 is 14.9 Å². The summed E-state index contributed by atoms with van der Waals surface area (Å²) in [5.74, 6) is 1.39. The Bertz CT molecular complexity index is 1050. The Balaban J connectivity index is 1.72. The number of benzene rings is 3. The van der Waals surface area contributed by atoms with Crippen molar-refractivity contribution in [3.05, 3.63) is 89.5 Å². The van der Waals surface area contributed by atoms with E-state index in [1.54, 1.807) is 24.3 Å². The quantitative estimate of drug-likeness (QED) is 0.231. The number of ether oxygens (including phenoxy) is 1. The molecule has 1 fully saturated rings. The van der Waals surface area contributed by atoms with Gasteiger partial charge in [0.15, 0.2) is 0 Å². The van der Waals surface area contributed by atoms with Crippen LogP contribution >= 0.6 is 0 Å². The first kappa shape index (κ1) is 24.9. The Morgan fingerprint density at radius 1 is 0.800 bits per heavy atom. The summed E-state index contributed by atoms with van der Waals surface area (Å²) in [7, 11) is 0. The molecule has 0 atom stereocenters. The van der Waals surface area contributed by atoms with Crippen LogP contribution in [0.25, 0.3) is 11.1 Å². The monoisotopic (exact) mass is 471 g/mol. The summed E-state index contributed by atoms with van der Waals surface area (Å²) in [6.45, 7) is 6.24. The molecule has 4 nitrogen and oxygen atoms in total. The number of likely N-dealkylation sites (tertiary alicyclic amines) is 1. The van der Waals surface area contributed by atoms with Crippen molar-refractivity contribution in [3.63, 3.8) is 0 Å². The second kappa shape index (κ2) is 12.5. The van der Waals surface area contributed by atoms with Gasteiger partial charge in [-0.2, -0.15) is 0 Å². The highest BCUT2D eigenvalue weighted by molar-refractivity contribution is 5.98. The number of aromatic hydroxyl groups is 2. The van der Waals surface area contributed by atoms with Crippen molar-refractivity contribution in [2.24, 2.45) is 0 Å². The predicted octanol–water partition coefficient (Wildman–Crippen LogP) is 7.11. The topological polar surface area (TPSA) is 52.9 Å². The second-order valence-electron chi connectivity index (χ2n) is 9.33. The normalized spacial score (nSPS) is 13.6. The van der Waals surface area contributed by atoms with Gasteiger partial charge in [0.25, 0.3) is 0 Å². The van der Waals surface area contributed by atoms with E-state index in [1.807, 2.05) is 30.3 Å². The molecule has 4 heteroatoms. The molecule has 0 radical (unpaired) electrons. The standard InChI is InChI=1S/C31H37NO3/c1-2-3-4-10-30(26-8-7-9-29(23-26)35-22-21-32-19-5-6-20-32)31(24-11-15-27(33)16-12-24)25-13-17-28(34)18-14-25/h7-9,11-18,23,33-34H,2-6,10,19-22H2,1H3. The van der Waals surface area contributed by atoms with E-state index in [0.29, 0.717) is 6.61 Å². The average molecular weight is 472 g/mol. The van der Waals surface area contributed by atoms with Gasteiger partial charge in [-0.05, 0) is 103 Å². The van der Waals surface area contributed by atoms with Crippen LogP contribution in [0.3, 0.4) is 0 Å². The molecule has 1 aliphatic heterocycles. The number of phenolic OH excluding ortho intramolecular Hbond substituents is 2. The lowest BCUT2D eigenvalue weighted by Crippen LogP contribution is -2.25. The van der Waals surface area contributed by atoms with Crippen LogP contribution in [0.1, 0.15) is 62.1 Å². The number of phenols is 2. The van der Waals surface area contributed by atoms with Crippen molar-refractivity contribution in [1.82, 2.24) is 4.90 Å². The molecule has 3 aromatic carbocycles. The zero-order valence-corrected chi connectivity index (χ0v) is 20.7. The van der Waals surface area contributed by atoms with Crippen LogP contribution in [0.15, 0.2) is 72.8 Å². The fourth-order valence-corrected chi connectivity index (χ4v) is 4.81. The van der Waals surface area contributed by atoms with E-state index < -0.39 is 0 Å². The highest BCUT2D eigenvalue weighted by atomic mass is 16.5. The van der Waals surface area contributed by atoms with Crippen LogP contribution in [-0.4, -0.2) is 41.4 Å². The van der Waals surface area contributed by atoms with Crippen LogP contribution < -0.4 is 4.74 Å². The maximum Gasteiger partial charge on any atom is 0.119 e. The van der Waals surface area contributed by atoms with E-state index in [0.717, 1.165) is 60.2 Å². The van der Waals surface area contributed by atoms with Crippen LogP contribution in [0.2, 0.25) is 0 Å². The summed E-state index contributed by atoms with van der Waals surface area (Å²) in [6.07, 6.45) is 6.92. The Kier molecular flexibility index (Phi) is 8.85. The number of nitrogens with zero attached hydrogens (tertiary/aromatic N) is 1. The van der Waals surface area contributed by atoms with E-state index in [-0.39, 0.29) is 11.5 Å². The number of allylic oxidation sites excluding steroid dienone is 1. The first-order chi connectivity index (χ1) is 17.1. The van der Waals surface area contributed by atoms with Gasteiger partial charge in [-0.25, -0.2) is 0 Å². The van der Waals surface area contributed by atoms with Crippen molar-refractivity contribution in [3.8, 4) is 17.2 Å². The minimum Gasteiger partial charge on any atom is -0.508 e. The molecule has 1 saturated heterocycles. The molecule has 1 heterocycles. The minimum atomic E-state index is 0.250. The smallest absolute Gasteiger partial charge is 0.119 e. The van der Waals surface area contributed by atoms with E-state index in [9.17, 15) is 10.2 Å². The first-order valence-electron chi connectivity index (χ1n) is 12.9. The fourth-order valence-electron chi connectivity index (χ4n) is 4.81. The predicted molar refractivity (Wildman–Crippen MR) is 144 cm³/mol. The van der Waals surface area contributed by atoms with Gasteiger partial charge in [-0.15, -0.1) is 0 Å². The summed E-state index contributed by atoms with van der Waals surface area (Å²) in [5.41, 5.74) is 5.60. The van der Waals surface area contributed by atoms with Crippen LogP contribution in [-0.2, 0) is 0 Å². The number of hydrogen-bond donors (Lipinski definition) is 2. The molecule has 3 aromatic rings. The van der Waals surface area contributed by atoms with Crippen molar-refractivity contribution in [2.45, 2.75) is 45.4 Å². The van der Waals surface area contributed by atoms with Gasteiger partial charge in [0.05, 0.1) is 0 Å². The minimum absolute atomic E-state index is 0.250. The van der Waals surface area contributed by atoms with Gasteiger partial charge in [-0.1, -0.05) is 56.2 Å². The number of unbranched alkanes of at least 4 members (excludes halogenated alkanes) is 2. The van der Waals surface area contributed by atoms with Crippen LogP contribution in [0, 0.1) is 0 Å². The Morgan fingerprint density at radius 2 is 1.43 bits per heavy atom. The van der Waals surface area contributed by atoms with E-state index in [4.69, 9.17) is 4.74 Å². The maximum atomic E-state index is 9.90. The lowest BCUT2D eigenvalue weighted by atomic mass is 9.86. The average Bonchev–Trinajstić information content (AvgIpc) is 3.39. The summed E-state index contributed by atoms with van der Waals surface area (Å²) < 4.78 is 6.18. The van der Waals surface area contributed by atoms with Crippen molar-refractivity contribution in [2.75, 3.05) is 26.2 Å². The molecule has 35 heavy (non-hydrogen) atoms. The molecule has 1 aliphatic rings. The SMILES string of the molecule is CCCCCC(=C(c1ccc(O)cc1)c1ccc(O)cc1)c1cccc(OCCN2CCCC2)c1. The Labute approximate surface area is 209 Å². The molecular weight excluding hydrogens is 434 g/mol. The van der Waals surface area contributed by atoms with Crippen LogP contribution in [0.4, 0.5) is 0 Å². The lowest BCUT2D eigenvalue weighted by Gasteiger charge is -2.19. The lowest BCUT2D eigenvalue weighted by molar-refractivity contribution is 0.238. The Morgan fingerprint density at radius 3 is 2.03 bits per heavy atom. The largest absolute Gasteiger partial charge is 0.508 e. The summed E-state index contributed by atoms with van der Waals surface area (Å²) >= 11 is 0. The van der Waals surface area contributed by atoms with Crippen molar-refractivity contribution in [1.29, 1.82) is 0 Å². The fraction of sp³-hybridized carbons (Fsp3) is 0.355. The Hall–Kier alpha value is -3.24. The van der Waals surface area contributed by atoms with Gasteiger partial charge in [0, 0.05) is 6.54 Å². The molecule has 184 valence electrons. The third kappa shape index (κ3) is 6.89. The van der Waals surface area contributed by atoms with Gasteiger partial charge in [0.2, 0.25) is 0 Å². The molecular formula is C31H37NO3. The number of rotatable bonds is 11. The third-order valence-corrected chi connectivity index (χ3v) is 6.70. The van der Waals surface area contributed by atoms with Gasteiger partial charge in [0.1, 0.15) is 23.9 Å². The first-order valence-corrected chi connectivity index (χ1v) is 12.9. The molecule has 2 N–H and O–H groups in total. The maximum absolute atomic E-state index is 9.90. The van der Waals surface area contributed by atoms with Gasteiger partial charge >= 0.3 is 0 Å². The number of hydrogen-bond acceptors (Lipinski definition) is 4. The van der Waals surface area contributed by atoms with Crippen molar-refractivity contribution >= 4 is 11.1 Å². The van der Waals surface area contributed by atoms with Crippen LogP contribution in [0.5, 0.6) is 17.2 Å². The molecule has 0 aliphatic carbocycles. The van der Waals surface area contributed by atoms with Gasteiger partial charge in [-0.3, -0.25) is 4.90 Å². The summed E-state index contributed by atoms with van der Waals surface area (Å²) in [4.78, 5) is 2.47. The molecule has 0 spiro atoms. The highest BCUT2D eigenvalue weighted by Crippen LogP contribution is 2.37. The third-order valence-electron chi connectivity index (χ3n) is 6.70. The van der Waals surface area contributed by atoms with E-state index in [2.05, 4.69) is 30.0 Å². The van der Waals surface area contributed by atoms with E-state index in [1.165, 1.54) is 31.5 Å². The second-order valence-corrected chi connectivity index (χ2v) is 9.33.